The maximum atomic E-state index is 9.05. The maximum Gasteiger partial charge on any atom is 0.104 e. The van der Waals surface area contributed by atoms with Crippen LogP contribution in [0.3, 0.4) is 0 Å². The molecule has 0 fully saturated rings. The molecular formula is C11H22Cl2O3. The van der Waals surface area contributed by atoms with E-state index in [-0.39, 0.29) is 23.5 Å². The lowest BCUT2D eigenvalue weighted by Crippen LogP contribution is -2.28. The SMILES string of the molecule is CCC(Cl)COCC(CO)OCC(Cl)CC. The molecule has 16 heavy (non-hydrogen) atoms. The molecule has 0 aliphatic carbocycles. The number of ether oxygens (including phenoxy) is 2. The zero-order chi connectivity index (χ0) is 12.4. The number of hydrogen-bond donors (Lipinski definition) is 1. The van der Waals surface area contributed by atoms with E-state index < -0.39 is 0 Å². The van der Waals surface area contributed by atoms with Gasteiger partial charge in [0.1, 0.15) is 6.10 Å². The minimum atomic E-state index is -0.312. The lowest BCUT2D eigenvalue weighted by molar-refractivity contribution is -0.0421. The molecule has 0 heterocycles. The van der Waals surface area contributed by atoms with Gasteiger partial charge in [-0.1, -0.05) is 13.8 Å². The minimum absolute atomic E-state index is 0.00883. The van der Waals surface area contributed by atoms with Gasteiger partial charge in [-0.05, 0) is 12.8 Å². The Morgan fingerprint density at radius 2 is 1.56 bits per heavy atom. The molecule has 0 radical (unpaired) electrons. The fraction of sp³-hybridized carbons (Fsp3) is 1.00. The number of rotatable bonds is 10. The summed E-state index contributed by atoms with van der Waals surface area (Å²) in [5.74, 6) is 0. The molecule has 0 amide bonds. The first-order valence-corrected chi connectivity index (χ1v) is 6.59. The topological polar surface area (TPSA) is 38.7 Å². The monoisotopic (exact) mass is 272 g/mol. The van der Waals surface area contributed by atoms with Crippen LogP contribution >= 0.6 is 23.2 Å². The van der Waals surface area contributed by atoms with Crippen molar-refractivity contribution in [1.82, 2.24) is 0 Å². The van der Waals surface area contributed by atoms with E-state index in [4.69, 9.17) is 37.8 Å². The van der Waals surface area contributed by atoms with Gasteiger partial charge in [-0.15, -0.1) is 23.2 Å². The second-order valence-corrected chi connectivity index (χ2v) is 4.92. The summed E-state index contributed by atoms with van der Waals surface area (Å²) in [6, 6.07) is 0. The van der Waals surface area contributed by atoms with Crippen LogP contribution in [0.4, 0.5) is 0 Å². The Bertz CT molecular complexity index is 158. The second-order valence-electron chi connectivity index (χ2n) is 3.69. The van der Waals surface area contributed by atoms with Crippen LogP contribution in [0.5, 0.6) is 0 Å². The molecule has 0 aromatic rings. The molecular weight excluding hydrogens is 251 g/mol. The number of alkyl halides is 2. The summed E-state index contributed by atoms with van der Waals surface area (Å²) in [5, 5.41) is 9.07. The van der Waals surface area contributed by atoms with Gasteiger partial charge in [-0.2, -0.15) is 0 Å². The first-order valence-electron chi connectivity index (χ1n) is 5.72. The molecule has 3 nitrogen and oxygen atoms in total. The molecule has 0 saturated carbocycles. The van der Waals surface area contributed by atoms with E-state index >= 15 is 0 Å². The van der Waals surface area contributed by atoms with Crippen LogP contribution in [0.1, 0.15) is 26.7 Å². The average molecular weight is 273 g/mol. The van der Waals surface area contributed by atoms with Gasteiger partial charge < -0.3 is 14.6 Å². The summed E-state index contributed by atoms with van der Waals surface area (Å²) in [6.07, 6.45) is 1.40. The fourth-order valence-corrected chi connectivity index (χ4v) is 1.12. The maximum absolute atomic E-state index is 9.05. The third-order valence-electron chi connectivity index (χ3n) is 2.20. The first kappa shape index (κ1) is 16.5. The summed E-state index contributed by atoms with van der Waals surface area (Å²) in [5.41, 5.74) is 0. The predicted octanol–water partition coefficient (Wildman–Crippen LogP) is 2.42. The summed E-state index contributed by atoms with van der Waals surface area (Å²) < 4.78 is 10.8. The predicted molar refractivity (Wildman–Crippen MR) is 67.5 cm³/mol. The zero-order valence-corrected chi connectivity index (χ0v) is 11.5. The van der Waals surface area contributed by atoms with Gasteiger partial charge in [-0.25, -0.2) is 0 Å². The van der Waals surface area contributed by atoms with Gasteiger partial charge in [0.05, 0.1) is 37.2 Å². The highest BCUT2D eigenvalue weighted by atomic mass is 35.5. The quantitative estimate of drug-likeness (QED) is 0.621. The van der Waals surface area contributed by atoms with Crippen LogP contribution < -0.4 is 0 Å². The third kappa shape index (κ3) is 8.59. The Labute approximate surface area is 108 Å². The standard InChI is InChI=1S/C11H22Cl2O3/c1-3-9(12)6-15-8-11(5-14)16-7-10(13)4-2/h9-11,14H,3-8H2,1-2H3. The highest BCUT2D eigenvalue weighted by molar-refractivity contribution is 6.20. The van der Waals surface area contributed by atoms with Crippen LogP contribution in [0.15, 0.2) is 0 Å². The van der Waals surface area contributed by atoms with Crippen molar-refractivity contribution < 1.29 is 14.6 Å². The van der Waals surface area contributed by atoms with Crippen LogP contribution in [0, 0.1) is 0 Å². The molecule has 0 rings (SSSR count). The fourth-order valence-electron chi connectivity index (χ4n) is 0.957. The molecule has 0 aliphatic heterocycles. The van der Waals surface area contributed by atoms with Crippen molar-refractivity contribution in [1.29, 1.82) is 0 Å². The summed E-state index contributed by atoms with van der Waals surface area (Å²) in [6.45, 7) is 5.20. The Kier molecular flexibility index (Phi) is 10.9. The molecule has 98 valence electrons. The van der Waals surface area contributed by atoms with Crippen molar-refractivity contribution in [3.63, 3.8) is 0 Å². The van der Waals surface area contributed by atoms with E-state index in [0.29, 0.717) is 19.8 Å². The Hall–Kier alpha value is 0.460. The van der Waals surface area contributed by atoms with Gasteiger partial charge >= 0.3 is 0 Å². The summed E-state index contributed by atoms with van der Waals surface area (Å²) in [7, 11) is 0. The molecule has 0 spiro atoms. The number of halogens is 2. The second kappa shape index (κ2) is 10.6. The first-order chi connectivity index (χ1) is 7.63. The van der Waals surface area contributed by atoms with Gasteiger partial charge in [-0.3, -0.25) is 0 Å². The molecule has 0 aromatic heterocycles. The van der Waals surface area contributed by atoms with Gasteiger partial charge in [0.2, 0.25) is 0 Å². The molecule has 5 heteroatoms. The van der Waals surface area contributed by atoms with Crippen LogP contribution in [-0.4, -0.2) is 48.4 Å². The highest BCUT2D eigenvalue weighted by Gasteiger charge is 2.11. The molecule has 0 aromatic carbocycles. The van der Waals surface area contributed by atoms with Gasteiger partial charge in [0.15, 0.2) is 0 Å². The van der Waals surface area contributed by atoms with Crippen LogP contribution in [-0.2, 0) is 9.47 Å². The van der Waals surface area contributed by atoms with Crippen LogP contribution in [0.2, 0.25) is 0 Å². The van der Waals surface area contributed by atoms with E-state index in [0.717, 1.165) is 12.8 Å². The highest BCUT2D eigenvalue weighted by Crippen LogP contribution is 2.05. The van der Waals surface area contributed by atoms with Crippen molar-refractivity contribution in [2.75, 3.05) is 26.4 Å². The Balaban J connectivity index is 3.58. The van der Waals surface area contributed by atoms with Gasteiger partial charge in [0.25, 0.3) is 0 Å². The molecule has 0 saturated heterocycles. The van der Waals surface area contributed by atoms with Crippen molar-refractivity contribution in [3.8, 4) is 0 Å². The Morgan fingerprint density at radius 3 is 2.06 bits per heavy atom. The average Bonchev–Trinajstić information content (AvgIpc) is 2.32. The minimum Gasteiger partial charge on any atom is -0.394 e. The molecule has 3 unspecified atom stereocenters. The Morgan fingerprint density at radius 1 is 1.00 bits per heavy atom. The molecule has 3 atom stereocenters. The van der Waals surface area contributed by atoms with E-state index in [2.05, 4.69) is 0 Å². The summed E-state index contributed by atoms with van der Waals surface area (Å²) in [4.78, 5) is 0. The molecule has 0 aliphatic rings. The van der Waals surface area contributed by atoms with Crippen molar-refractivity contribution in [2.24, 2.45) is 0 Å². The zero-order valence-electron chi connectivity index (χ0n) is 9.99. The molecule has 0 bridgehead atoms. The number of aliphatic hydroxyl groups excluding tert-OH is 1. The lowest BCUT2D eigenvalue weighted by Gasteiger charge is -2.18. The number of aliphatic hydroxyl groups is 1. The van der Waals surface area contributed by atoms with Crippen molar-refractivity contribution >= 4 is 23.2 Å². The van der Waals surface area contributed by atoms with E-state index in [1.165, 1.54) is 0 Å². The van der Waals surface area contributed by atoms with E-state index in [1.54, 1.807) is 0 Å². The lowest BCUT2D eigenvalue weighted by atomic mass is 10.3. The molecule has 1 N–H and O–H groups in total. The normalized spacial score (nSPS) is 17.1. The summed E-state index contributed by atoms with van der Waals surface area (Å²) >= 11 is 11.8. The number of hydrogen-bond acceptors (Lipinski definition) is 3. The van der Waals surface area contributed by atoms with Crippen LogP contribution in [0.25, 0.3) is 0 Å². The smallest absolute Gasteiger partial charge is 0.104 e. The largest absolute Gasteiger partial charge is 0.394 e. The van der Waals surface area contributed by atoms with Gasteiger partial charge in [0, 0.05) is 0 Å². The van der Waals surface area contributed by atoms with Crippen molar-refractivity contribution in [3.05, 3.63) is 0 Å². The van der Waals surface area contributed by atoms with E-state index in [1.807, 2.05) is 13.8 Å². The van der Waals surface area contributed by atoms with E-state index in [9.17, 15) is 0 Å². The third-order valence-corrected chi connectivity index (χ3v) is 3.07. The van der Waals surface area contributed by atoms with Crippen molar-refractivity contribution in [2.45, 2.75) is 43.5 Å².